The molecule has 13 rings (SSSR count). The summed E-state index contributed by atoms with van der Waals surface area (Å²) in [6, 6.07) is 71.3. The molecule has 1 saturated carbocycles. The standard InChI is InChI=1S/C61H43N3/c1-3-12-40(13-4-1)42-22-24-44(25-23-42)45-16-11-17-48(36-45)57-34-35-62-60(63-57)61-39-56(61)51-19-8-7-18-50(51)53-37-46(28-32-55(53)61)47-29-33-59-54(38-47)52-20-9-10-21-58(52)64(59)49-30-26-43(27-31-49)41-14-5-2-6-15-41/h1-5,7-14,16-38,56H,6,15,39H2. The number of fused-ring (bicyclic) bond motifs is 9. The molecule has 2 aromatic heterocycles. The first kappa shape index (κ1) is 36.7. The predicted molar refractivity (Wildman–Crippen MR) is 264 cm³/mol. The van der Waals surface area contributed by atoms with E-state index in [4.69, 9.17) is 9.97 Å². The van der Waals surface area contributed by atoms with Gasteiger partial charge in [-0.3, -0.25) is 0 Å². The molecule has 64 heavy (non-hydrogen) atoms. The topological polar surface area (TPSA) is 30.7 Å². The molecule has 0 spiro atoms. The first-order valence-corrected chi connectivity index (χ1v) is 22.5. The Morgan fingerprint density at radius 1 is 0.500 bits per heavy atom. The zero-order chi connectivity index (χ0) is 42.2. The van der Waals surface area contributed by atoms with Gasteiger partial charge < -0.3 is 4.57 Å². The Kier molecular flexibility index (Phi) is 8.39. The Labute approximate surface area is 373 Å². The number of rotatable bonds is 7. The Hall–Kier alpha value is -7.88. The maximum Gasteiger partial charge on any atom is 0.140 e. The SMILES string of the molecule is C1=CCCC(c2ccc(-n3c4ccccc4c4cc(-c5ccc6c(c5)-c5ccccc5C5CC65c5nccc(-c6cccc(-c7ccc(-c8ccccc8)cc7)c6)n5)ccc43)cc2)=C1. The Balaban J connectivity index is 0.863. The van der Waals surface area contributed by atoms with Crippen molar-refractivity contribution in [2.24, 2.45) is 0 Å². The molecule has 10 aromatic rings. The van der Waals surface area contributed by atoms with Crippen LogP contribution < -0.4 is 0 Å². The molecule has 2 unspecified atom stereocenters. The van der Waals surface area contributed by atoms with E-state index in [-0.39, 0.29) is 5.41 Å². The highest BCUT2D eigenvalue weighted by Crippen LogP contribution is 2.69. The van der Waals surface area contributed by atoms with Gasteiger partial charge in [0, 0.05) is 34.1 Å². The molecule has 2 heterocycles. The van der Waals surface area contributed by atoms with E-state index in [1.807, 2.05) is 6.20 Å². The van der Waals surface area contributed by atoms with Crippen LogP contribution in [0.3, 0.4) is 0 Å². The van der Waals surface area contributed by atoms with Crippen molar-refractivity contribution in [1.29, 1.82) is 0 Å². The van der Waals surface area contributed by atoms with Crippen molar-refractivity contribution in [2.45, 2.75) is 30.6 Å². The Bertz CT molecular complexity index is 3520. The number of nitrogens with zero attached hydrogens (tertiary/aromatic N) is 3. The summed E-state index contributed by atoms with van der Waals surface area (Å²) in [5.74, 6) is 1.24. The van der Waals surface area contributed by atoms with E-state index in [0.29, 0.717) is 5.92 Å². The van der Waals surface area contributed by atoms with Crippen molar-refractivity contribution < 1.29 is 0 Å². The van der Waals surface area contributed by atoms with Gasteiger partial charge in [-0.2, -0.15) is 0 Å². The second-order valence-corrected chi connectivity index (χ2v) is 17.7. The Morgan fingerprint density at radius 3 is 2.03 bits per heavy atom. The van der Waals surface area contributed by atoms with Crippen molar-refractivity contribution in [3.8, 4) is 61.5 Å². The minimum atomic E-state index is -0.278. The fraction of sp³-hybridized carbons (Fsp3) is 0.0820. The zero-order valence-electron chi connectivity index (χ0n) is 35.3. The number of allylic oxidation sites excluding steroid dienone is 4. The highest BCUT2D eigenvalue weighted by Gasteiger charge is 2.62. The molecular formula is C61H43N3. The zero-order valence-corrected chi connectivity index (χ0v) is 35.3. The molecule has 0 saturated heterocycles. The third-order valence-corrected chi connectivity index (χ3v) is 14.1. The third kappa shape index (κ3) is 5.88. The summed E-state index contributed by atoms with van der Waals surface area (Å²) in [5, 5.41) is 2.52. The van der Waals surface area contributed by atoms with Gasteiger partial charge in [-0.15, -0.1) is 0 Å². The van der Waals surface area contributed by atoms with Crippen LogP contribution in [0, 0.1) is 0 Å². The van der Waals surface area contributed by atoms with Crippen molar-refractivity contribution in [3.05, 3.63) is 241 Å². The second kappa shape index (κ2) is 14.6. The van der Waals surface area contributed by atoms with Crippen LogP contribution in [0.2, 0.25) is 0 Å². The average Bonchev–Trinajstić information content (AvgIpc) is 4.07. The number of benzene rings is 8. The van der Waals surface area contributed by atoms with Crippen LogP contribution in [0.25, 0.3) is 88.8 Å². The predicted octanol–water partition coefficient (Wildman–Crippen LogP) is 15.4. The van der Waals surface area contributed by atoms with Gasteiger partial charge in [0.15, 0.2) is 0 Å². The van der Waals surface area contributed by atoms with Gasteiger partial charge in [-0.1, -0.05) is 164 Å². The Morgan fingerprint density at radius 2 is 1.17 bits per heavy atom. The fourth-order valence-corrected chi connectivity index (χ4v) is 10.9. The van der Waals surface area contributed by atoms with Gasteiger partial charge >= 0.3 is 0 Å². The van der Waals surface area contributed by atoms with Gasteiger partial charge in [-0.05, 0) is 135 Å². The lowest BCUT2D eigenvalue weighted by Gasteiger charge is -2.28. The van der Waals surface area contributed by atoms with E-state index in [9.17, 15) is 0 Å². The van der Waals surface area contributed by atoms with E-state index < -0.39 is 0 Å². The van der Waals surface area contributed by atoms with Gasteiger partial charge in [0.2, 0.25) is 0 Å². The lowest BCUT2D eigenvalue weighted by atomic mass is 9.76. The molecule has 0 radical (unpaired) electrons. The highest BCUT2D eigenvalue weighted by atomic mass is 15.0. The average molecular weight is 818 g/mol. The lowest BCUT2D eigenvalue weighted by Crippen LogP contribution is -2.20. The molecule has 3 nitrogen and oxygen atoms in total. The molecule has 0 amide bonds. The van der Waals surface area contributed by atoms with Gasteiger partial charge in [0.1, 0.15) is 5.82 Å². The molecule has 3 heteroatoms. The van der Waals surface area contributed by atoms with Gasteiger partial charge in [0.25, 0.3) is 0 Å². The van der Waals surface area contributed by atoms with E-state index in [1.54, 1.807) is 0 Å². The minimum absolute atomic E-state index is 0.278. The maximum absolute atomic E-state index is 5.42. The van der Waals surface area contributed by atoms with Crippen molar-refractivity contribution in [2.75, 3.05) is 0 Å². The van der Waals surface area contributed by atoms with Crippen LogP contribution in [0.1, 0.15) is 47.7 Å². The number of hydrogen-bond acceptors (Lipinski definition) is 2. The van der Waals surface area contributed by atoms with E-state index >= 15 is 0 Å². The molecular weight excluding hydrogens is 775 g/mol. The van der Waals surface area contributed by atoms with Crippen LogP contribution in [0.15, 0.2) is 219 Å². The summed E-state index contributed by atoms with van der Waals surface area (Å²) in [7, 11) is 0. The summed E-state index contributed by atoms with van der Waals surface area (Å²) in [4.78, 5) is 10.5. The van der Waals surface area contributed by atoms with Gasteiger partial charge in [-0.25, -0.2) is 9.97 Å². The molecule has 0 N–H and O–H groups in total. The van der Waals surface area contributed by atoms with Crippen molar-refractivity contribution in [1.82, 2.24) is 14.5 Å². The third-order valence-electron chi connectivity index (χ3n) is 14.1. The molecule has 2 atom stereocenters. The molecule has 8 aromatic carbocycles. The number of hydrogen-bond donors (Lipinski definition) is 0. The van der Waals surface area contributed by atoms with Crippen LogP contribution in [0.4, 0.5) is 0 Å². The summed E-state index contributed by atoms with van der Waals surface area (Å²) < 4.78 is 2.42. The summed E-state index contributed by atoms with van der Waals surface area (Å²) in [6.07, 6.45) is 11.8. The van der Waals surface area contributed by atoms with Gasteiger partial charge in [0.05, 0.1) is 22.1 Å². The van der Waals surface area contributed by atoms with Crippen LogP contribution in [-0.4, -0.2) is 14.5 Å². The smallest absolute Gasteiger partial charge is 0.140 e. The van der Waals surface area contributed by atoms with Crippen LogP contribution in [0.5, 0.6) is 0 Å². The fourth-order valence-electron chi connectivity index (χ4n) is 10.9. The maximum atomic E-state index is 5.42. The minimum Gasteiger partial charge on any atom is -0.309 e. The highest BCUT2D eigenvalue weighted by molar-refractivity contribution is 6.10. The van der Waals surface area contributed by atoms with E-state index in [2.05, 4.69) is 217 Å². The largest absolute Gasteiger partial charge is 0.309 e. The molecule has 0 aliphatic heterocycles. The summed E-state index contributed by atoms with van der Waals surface area (Å²) in [6.45, 7) is 0. The van der Waals surface area contributed by atoms with Crippen LogP contribution >= 0.6 is 0 Å². The lowest BCUT2D eigenvalue weighted by molar-refractivity contribution is 0.721. The molecule has 1 fully saturated rings. The monoisotopic (exact) mass is 817 g/mol. The number of para-hydroxylation sites is 1. The van der Waals surface area contributed by atoms with E-state index in [0.717, 1.165) is 36.3 Å². The summed E-state index contributed by atoms with van der Waals surface area (Å²) >= 11 is 0. The van der Waals surface area contributed by atoms with Crippen molar-refractivity contribution in [3.63, 3.8) is 0 Å². The molecule has 3 aliphatic carbocycles. The molecule has 302 valence electrons. The first-order chi connectivity index (χ1) is 31.7. The quantitative estimate of drug-likeness (QED) is 0.160. The van der Waals surface area contributed by atoms with Crippen LogP contribution in [-0.2, 0) is 5.41 Å². The van der Waals surface area contributed by atoms with Crippen molar-refractivity contribution >= 4 is 27.4 Å². The second-order valence-electron chi connectivity index (χ2n) is 17.7. The number of aromatic nitrogens is 3. The normalized spacial score (nSPS) is 17.1. The first-order valence-electron chi connectivity index (χ1n) is 22.5. The summed E-state index contributed by atoms with van der Waals surface area (Å²) in [5.41, 5.74) is 20.6. The van der Waals surface area contributed by atoms with E-state index in [1.165, 1.54) is 94.3 Å². The molecule has 0 bridgehead atoms. The molecule has 3 aliphatic rings.